The Kier molecular flexibility index (Phi) is 7.34. The van der Waals surface area contributed by atoms with Gasteiger partial charge < -0.3 is 5.11 Å². The first kappa shape index (κ1) is 16.3. The SMILES string of the molecule is CBr.Cc1cc(C(=O)O)c2ccccc2n1.[MgH2]. The molecular weight excluding hydrogens is 294 g/mol. The third kappa shape index (κ3) is 3.94. The molecule has 1 N–H and O–H groups in total. The average Bonchev–Trinajstić information content (AvgIpc) is 2.30. The minimum Gasteiger partial charge on any atom is -0.478 e. The van der Waals surface area contributed by atoms with Crippen LogP contribution in [-0.4, -0.2) is 44.9 Å². The van der Waals surface area contributed by atoms with Crippen LogP contribution in [0.5, 0.6) is 0 Å². The van der Waals surface area contributed by atoms with Gasteiger partial charge in [0.2, 0.25) is 0 Å². The highest BCUT2D eigenvalue weighted by Gasteiger charge is 2.09. The summed E-state index contributed by atoms with van der Waals surface area (Å²) in [6, 6.07) is 8.83. The summed E-state index contributed by atoms with van der Waals surface area (Å²) >= 11 is 2.94. The van der Waals surface area contributed by atoms with Crippen molar-refractivity contribution in [1.82, 2.24) is 4.98 Å². The number of carbonyl (C=O) groups is 1. The minimum absolute atomic E-state index is 0. The molecule has 0 fully saturated rings. The van der Waals surface area contributed by atoms with E-state index in [2.05, 4.69) is 20.9 Å². The Labute approximate surface area is 125 Å². The summed E-state index contributed by atoms with van der Waals surface area (Å²) in [5.41, 5.74) is 1.76. The maximum Gasteiger partial charge on any atom is 0.336 e. The highest BCUT2D eigenvalue weighted by Crippen LogP contribution is 2.17. The van der Waals surface area contributed by atoms with Crippen molar-refractivity contribution in [3.05, 3.63) is 41.6 Å². The number of hydrogen-bond acceptors (Lipinski definition) is 2. The van der Waals surface area contributed by atoms with Gasteiger partial charge in [0.15, 0.2) is 0 Å². The largest absolute Gasteiger partial charge is 0.478 e. The average molecular weight is 308 g/mol. The Hall–Kier alpha value is -0.654. The lowest BCUT2D eigenvalue weighted by atomic mass is 10.1. The second kappa shape index (κ2) is 7.63. The number of aromatic nitrogens is 1. The van der Waals surface area contributed by atoms with Crippen molar-refractivity contribution in [2.45, 2.75) is 6.92 Å². The molecule has 0 radical (unpaired) electrons. The van der Waals surface area contributed by atoms with Crippen LogP contribution in [0.15, 0.2) is 30.3 Å². The van der Waals surface area contributed by atoms with Crippen LogP contribution >= 0.6 is 15.9 Å². The molecule has 2 rings (SSSR count). The first-order valence-corrected chi connectivity index (χ1v) is 6.24. The monoisotopic (exact) mass is 307 g/mol. The first-order valence-electron chi connectivity index (χ1n) is 4.66. The van der Waals surface area contributed by atoms with Crippen LogP contribution < -0.4 is 0 Å². The molecule has 0 saturated carbocycles. The Morgan fingerprint density at radius 3 is 2.47 bits per heavy atom. The van der Waals surface area contributed by atoms with E-state index in [0.29, 0.717) is 10.9 Å². The van der Waals surface area contributed by atoms with Gasteiger partial charge in [0.1, 0.15) is 0 Å². The number of alkyl halides is 1. The molecule has 0 unspecified atom stereocenters. The van der Waals surface area contributed by atoms with E-state index in [4.69, 9.17) is 5.11 Å². The zero-order valence-electron chi connectivity index (χ0n) is 9.07. The molecule has 1 heterocycles. The van der Waals surface area contributed by atoms with E-state index >= 15 is 0 Å². The highest BCUT2D eigenvalue weighted by atomic mass is 79.9. The van der Waals surface area contributed by atoms with Crippen LogP contribution in [0.1, 0.15) is 16.1 Å². The van der Waals surface area contributed by atoms with Gasteiger partial charge in [0, 0.05) is 11.1 Å². The zero-order chi connectivity index (χ0) is 12.1. The van der Waals surface area contributed by atoms with E-state index < -0.39 is 5.97 Å². The molecule has 3 nitrogen and oxygen atoms in total. The summed E-state index contributed by atoms with van der Waals surface area (Å²) in [7, 11) is 0. The molecule has 0 atom stereocenters. The summed E-state index contributed by atoms with van der Waals surface area (Å²) in [5.74, 6) is 0.902. The van der Waals surface area contributed by atoms with Crippen LogP contribution in [0.2, 0.25) is 0 Å². The Morgan fingerprint density at radius 2 is 1.88 bits per heavy atom. The van der Waals surface area contributed by atoms with Crippen LogP contribution in [0.3, 0.4) is 0 Å². The van der Waals surface area contributed by atoms with E-state index in [-0.39, 0.29) is 23.1 Å². The quantitative estimate of drug-likeness (QED) is 0.650. The predicted octanol–water partition coefficient (Wildman–Crippen LogP) is 2.34. The number of hydrogen-bond donors (Lipinski definition) is 1. The number of fused-ring (bicyclic) bond motifs is 1. The molecule has 88 valence electrons. The molecule has 0 spiro atoms. The van der Waals surface area contributed by atoms with Crippen molar-refractivity contribution in [3.63, 3.8) is 0 Å². The topological polar surface area (TPSA) is 50.2 Å². The van der Waals surface area contributed by atoms with Gasteiger partial charge in [-0.15, -0.1) is 0 Å². The third-order valence-corrected chi connectivity index (χ3v) is 2.07. The predicted molar refractivity (Wildman–Crippen MR) is 76.8 cm³/mol. The van der Waals surface area contributed by atoms with Crippen LogP contribution in [0.25, 0.3) is 10.9 Å². The fourth-order valence-corrected chi connectivity index (χ4v) is 1.48. The summed E-state index contributed by atoms with van der Waals surface area (Å²) in [6.07, 6.45) is 0. The molecule has 1 aromatic carbocycles. The highest BCUT2D eigenvalue weighted by molar-refractivity contribution is 9.08. The number of aromatic carboxylic acids is 1. The summed E-state index contributed by atoms with van der Waals surface area (Å²) < 4.78 is 0. The molecule has 5 heteroatoms. The number of benzene rings is 1. The van der Waals surface area contributed by atoms with Gasteiger partial charge in [-0.25, -0.2) is 4.79 Å². The molecule has 2 aromatic rings. The van der Waals surface area contributed by atoms with Gasteiger partial charge in [-0.1, -0.05) is 34.1 Å². The molecule has 0 bridgehead atoms. The van der Waals surface area contributed by atoms with Crippen molar-refractivity contribution in [2.24, 2.45) is 0 Å². The molecule has 1 aromatic heterocycles. The normalized spacial score (nSPS) is 8.88. The fraction of sp³-hybridized carbons (Fsp3) is 0.167. The van der Waals surface area contributed by atoms with Gasteiger partial charge >= 0.3 is 29.0 Å². The number of carboxylic acids is 1. The molecule has 0 aliphatic rings. The maximum atomic E-state index is 10.9. The zero-order valence-corrected chi connectivity index (χ0v) is 10.7. The number of rotatable bonds is 1. The van der Waals surface area contributed by atoms with Gasteiger partial charge in [-0.3, -0.25) is 4.98 Å². The molecule has 0 aliphatic carbocycles. The second-order valence-corrected chi connectivity index (χ2v) is 3.13. The summed E-state index contributed by atoms with van der Waals surface area (Å²) in [6.45, 7) is 1.79. The minimum atomic E-state index is -0.910. The molecule has 0 saturated heterocycles. The number of aryl methyl sites for hydroxylation is 1. The van der Waals surface area contributed by atoms with E-state index in [1.165, 1.54) is 0 Å². The Morgan fingerprint density at radius 1 is 1.29 bits per heavy atom. The van der Waals surface area contributed by atoms with Crippen LogP contribution in [0.4, 0.5) is 0 Å². The Balaban J connectivity index is 0.000000811. The molecule has 0 amide bonds. The molecular formula is C12H14BrMgNO2. The van der Waals surface area contributed by atoms with Gasteiger partial charge in [0.05, 0.1) is 11.1 Å². The van der Waals surface area contributed by atoms with E-state index in [1.54, 1.807) is 19.1 Å². The van der Waals surface area contributed by atoms with Crippen molar-refractivity contribution < 1.29 is 9.90 Å². The van der Waals surface area contributed by atoms with Crippen LogP contribution in [-0.2, 0) is 0 Å². The summed E-state index contributed by atoms with van der Waals surface area (Å²) in [4.78, 5) is 15.2. The van der Waals surface area contributed by atoms with Gasteiger partial charge in [-0.05, 0) is 24.9 Å². The number of para-hydroxylation sites is 1. The van der Waals surface area contributed by atoms with Crippen molar-refractivity contribution in [2.75, 3.05) is 5.83 Å². The lowest BCUT2D eigenvalue weighted by molar-refractivity contribution is 0.0699. The number of pyridine rings is 1. The van der Waals surface area contributed by atoms with Gasteiger partial charge in [0.25, 0.3) is 0 Å². The van der Waals surface area contributed by atoms with Crippen molar-refractivity contribution in [3.8, 4) is 0 Å². The number of carboxylic acid groups (broad SMARTS) is 1. The molecule has 0 aliphatic heterocycles. The second-order valence-electron chi connectivity index (χ2n) is 3.13. The standard InChI is InChI=1S/C11H9NO2.CH3Br.Mg.2H/c1-7-6-9(11(13)14)8-4-2-3-5-10(8)12-7;1-2;;;/h2-6H,1H3,(H,13,14);1H3;;;. The van der Waals surface area contributed by atoms with Crippen LogP contribution in [0, 0.1) is 6.92 Å². The lowest BCUT2D eigenvalue weighted by Gasteiger charge is -2.02. The van der Waals surface area contributed by atoms with Gasteiger partial charge in [-0.2, -0.15) is 0 Å². The number of halogens is 1. The van der Waals surface area contributed by atoms with E-state index in [1.807, 2.05) is 24.0 Å². The summed E-state index contributed by atoms with van der Waals surface area (Å²) in [5, 5.41) is 9.67. The van der Waals surface area contributed by atoms with Crippen molar-refractivity contribution >= 4 is 55.9 Å². The fourth-order valence-electron chi connectivity index (χ4n) is 1.48. The third-order valence-electron chi connectivity index (χ3n) is 2.07. The van der Waals surface area contributed by atoms with E-state index in [9.17, 15) is 4.79 Å². The van der Waals surface area contributed by atoms with Crippen molar-refractivity contribution in [1.29, 1.82) is 0 Å². The Bertz CT molecular complexity index is 517. The lowest BCUT2D eigenvalue weighted by Crippen LogP contribution is -1.99. The molecule has 17 heavy (non-hydrogen) atoms. The van der Waals surface area contributed by atoms with E-state index in [0.717, 1.165) is 11.2 Å². The smallest absolute Gasteiger partial charge is 0.336 e. The first-order chi connectivity index (χ1) is 7.68. The maximum absolute atomic E-state index is 10.9. The number of nitrogens with zero attached hydrogens (tertiary/aromatic N) is 1.